The van der Waals surface area contributed by atoms with Crippen LogP contribution >= 0.6 is 11.5 Å². The molecule has 1 atom stereocenters. The molecule has 4 nitrogen and oxygen atoms in total. The predicted molar refractivity (Wildman–Crippen MR) is 74.8 cm³/mol. The van der Waals surface area contributed by atoms with Gasteiger partial charge in [-0.15, -0.1) is 0 Å². The van der Waals surface area contributed by atoms with Crippen molar-refractivity contribution in [3.63, 3.8) is 0 Å². The molecule has 1 aliphatic rings. The van der Waals surface area contributed by atoms with Gasteiger partial charge in [-0.05, 0) is 38.0 Å². The Bertz CT molecular complexity index is 373. The normalized spacial score (nSPS) is 20.5. The minimum absolute atomic E-state index is 0.688. The first-order valence-electron chi connectivity index (χ1n) is 6.38. The average molecular weight is 254 g/mol. The van der Waals surface area contributed by atoms with Gasteiger partial charge < -0.3 is 10.6 Å². The number of likely N-dealkylation sites (N-methyl/N-ethyl adjacent to an activating group) is 1. The highest BCUT2D eigenvalue weighted by molar-refractivity contribution is 7.10. The second-order valence-corrected chi connectivity index (χ2v) is 5.36. The Labute approximate surface area is 108 Å². The maximum Gasteiger partial charge on any atom is 0.142 e. The third-order valence-electron chi connectivity index (χ3n) is 3.71. The monoisotopic (exact) mass is 254 g/mol. The fraction of sp³-hybridized carbons (Fsp3) is 0.750. The molecule has 2 N–H and O–H groups in total. The van der Waals surface area contributed by atoms with Crippen molar-refractivity contribution in [2.24, 2.45) is 0 Å². The van der Waals surface area contributed by atoms with E-state index in [1.165, 1.54) is 23.0 Å². The van der Waals surface area contributed by atoms with Crippen molar-refractivity contribution in [3.05, 3.63) is 5.56 Å². The summed E-state index contributed by atoms with van der Waals surface area (Å²) in [6, 6.07) is 0.688. The standard InChI is InChI=1S/C12H22N4S/c1-4-15(5-2)10-6-7-16(8-10)12-9(3)11(13)14-17-12/h10H,4-8H2,1-3H3,(H2,13,14). The van der Waals surface area contributed by atoms with Crippen LogP contribution in [0.5, 0.6) is 0 Å². The quantitative estimate of drug-likeness (QED) is 0.892. The second-order valence-electron chi connectivity index (χ2n) is 4.61. The van der Waals surface area contributed by atoms with Gasteiger partial charge in [0.25, 0.3) is 0 Å². The topological polar surface area (TPSA) is 45.4 Å². The molecule has 17 heavy (non-hydrogen) atoms. The molecule has 2 heterocycles. The highest BCUT2D eigenvalue weighted by atomic mass is 32.1. The van der Waals surface area contributed by atoms with E-state index in [2.05, 4.69) is 34.9 Å². The fourth-order valence-electron chi connectivity index (χ4n) is 2.60. The van der Waals surface area contributed by atoms with Gasteiger partial charge in [0.1, 0.15) is 10.8 Å². The van der Waals surface area contributed by atoms with Crippen molar-refractivity contribution in [2.75, 3.05) is 36.8 Å². The van der Waals surface area contributed by atoms with E-state index in [1.807, 2.05) is 0 Å². The zero-order valence-corrected chi connectivity index (χ0v) is 11.8. The summed E-state index contributed by atoms with van der Waals surface area (Å²) in [5.74, 6) is 0.691. The lowest BCUT2D eigenvalue weighted by molar-refractivity contribution is 0.232. The summed E-state index contributed by atoms with van der Waals surface area (Å²) in [4.78, 5) is 4.98. The lowest BCUT2D eigenvalue weighted by Crippen LogP contribution is -2.37. The van der Waals surface area contributed by atoms with Gasteiger partial charge in [-0.25, -0.2) is 0 Å². The van der Waals surface area contributed by atoms with E-state index < -0.39 is 0 Å². The van der Waals surface area contributed by atoms with Gasteiger partial charge in [0.15, 0.2) is 0 Å². The first-order chi connectivity index (χ1) is 8.17. The van der Waals surface area contributed by atoms with E-state index in [0.29, 0.717) is 11.9 Å². The number of rotatable bonds is 4. The van der Waals surface area contributed by atoms with Crippen LogP contribution in [0.4, 0.5) is 10.8 Å². The maximum absolute atomic E-state index is 5.82. The second kappa shape index (κ2) is 5.23. The molecule has 0 radical (unpaired) electrons. The third kappa shape index (κ3) is 2.40. The zero-order valence-electron chi connectivity index (χ0n) is 10.9. The molecule has 1 aliphatic heterocycles. The van der Waals surface area contributed by atoms with Crippen LogP contribution in [0, 0.1) is 6.92 Å². The first kappa shape index (κ1) is 12.6. The first-order valence-corrected chi connectivity index (χ1v) is 7.15. The molecule has 1 aromatic heterocycles. The van der Waals surface area contributed by atoms with Gasteiger partial charge in [-0.3, -0.25) is 4.90 Å². The number of aromatic nitrogens is 1. The van der Waals surface area contributed by atoms with Crippen molar-refractivity contribution in [1.29, 1.82) is 0 Å². The third-order valence-corrected chi connectivity index (χ3v) is 4.74. The molecule has 96 valence electrons. The summed E-state index contributed by atoms with van der Waals surface area (Å²) in [7, 11) is 0. The molecule has 0 aliphatic carbocycles. The molecule has 0 saturated carbocycles. The Morgan fingerprint density at radius 3 is 2.71 bits per heavy atom. The van der Waals surface area contributed by atoms with E-state index in [0.717, 1.165) is 31.7 Å². The van der Waals surface area contributed by atoms with Crippen LogP contribution in [0.15, 0.2) is 0 Å². The lowest BCUT2D eigenvalue weighted by atomic mass is 10.2. The smallest absolute Gasteiger partial charge is 0.142 e. The van der Waals surface area contributed by atoms with Crippen molar-refractivity contribution in [3.8, 4) is 0 Å². The number of nitrogen functional groups attached to an aromatic ring is 1. The van der Waals surface area contributed by atoms with E-state index in [-0.39, 0.29) is 0 Å². The van der Waals surface area contributed by atoms with Crippen LogP contribution in [-0.4, -0.2) is 41.5 Å². The predicted octanol–water partition coefficient (Wildman–Crippen LogP) is 1.95. The summed E-state index contributed by atoms with van der Waals surface area (Å²) in [5.41, 5.74) is 6.97. The van der Waals surface area contributed by atoms with Crippen LogP contribution in [0.2, 0.25) is 0 Å². The van der Waals surface area contributed by atoms with E-state index in [4.69, 9.17) is 5.73 Å². The minimum Gasteiger partial charge on any atom is -0.383 e. The number of nitrogens with two attached hydrogens (primary N) is 1. The van der Waals surface area contributed by atoms with Gasteiger partial charge in [0, 0.05) is 24.7 Å². The van der Waals surface area contributed by atoms with Crippen LogP contribution in [-0.2, 0) is 0 Å². The average Bonchev–Trinajstić information content (AvgIpc) is 2.90. The highest BCUT2D eigenvalue weighted by Crippen LogP contribution is 2.32. The SMILES string of the molecule is CCN(CC)C1CCN(c2snc(N)c2C)C1. The lowest BCUT2D eigenvalue weighted by Gasteiger charge is -2.26. The molecule has 0 bridgehead atoms. The molecule has 5 heteroatoms. The minimum atomic E-state index is 0.688. The van der Waals surface area contributed by atoms with Gasteiger partial charge in [0.05, 0.1) is 0 Å². The Kier molecular flexibility index (Phi) is 3.89. The highest BCUT2D eigenvalue weighted by Gasteiger charge is 2.28. The van der Waals surface area contributed by atoms with Crippen molar-refractivity contribution in [1.82, 2.24) is 9.27 Å². The van der Waals surface area contributed by atoms with Gasteiger partial charge in [-0.2, -0.15) is 4.37 Å². The van der Waals surface area contributed by atoms with Crippen LogP contribution in [0.25, 0.3) is 0 Å². The summed E-state index contributed by atoms with van der Waals surface area (Å²) < 4.78 is 4.24. The van der Waals surface area contributed by atoms with Crippen molar-refractivity contribution >= 4 is 22.4 Å². The van der Waals surface area contributed by atoms with E-state index in [1.54, 1.807) is 0 Å². The Morgan fingerprint density at radius 2 is 2.18 bits per heavy atom. The van der Waals surface area contributed by atoms with Crippen molar-refractivity contribution < 1.29 is 0 Å². The molecule has 1 aromatic rings. The van der Waals surface area contributed by atoms with Gasteiger partial charge in [-0.1, -0.05) is 13.8 Å². The van der Waals surface area contributed by atoms with Gasteiger partial charge in [0.2, 0.25) is 0 Å². The molecule has 1 fully saturated rings. The Morgan fingerprint density at radius 1 is 1.47 bits per heavy atom. The molecule has 1 saturated heterocycles. The molecule has 0 aromatic carbocycles. The number of hydrogen-bond donors (Lipinski definition) is 1. The van der Waals surface area contributed by atoms with Crippen LogP contribution in [0.3, 0.4) is 0 Å². The van der Waals surface area contributed by atoms with E-state index >= 15 is 0 Å². The fourth-order valence-corrected chi connectivity index (χ4v) is 3.44. The Balaban J connectivity index is 2.05. The zero-order chi connectivity index (χ0) is 12.4. The summed E-state index contributed by atoms with van der Waals surface area (Å²) in [6.45, 7) is 11.1. The van der Waals surface area contributed by atoms with E-state index in [9.17, 15) is 0 Å². The number of hydrogen-bond acceptors (Lipinski definition) is 5. The van der Waals surface area contributed by atoms with Crippen LogP contribution in [0.1, 0.15) is 25.8 Å². The summed E-state index contributed by atoms with van der Waals surface area (Å²) >= 11 is 1.53. The van der Waals surface area contributed by atoms with Crippen molar-refractivity contribution in [2.45, 2.75) is 33.2 Å². The van der Waals surface area contributed by atoms with Gasteiger partial charge >= 0.3 is 0 Å². The molecule has 1 unspecified atom stereocenters. The molecule has 0 spiro atoms. The summed E-state index contributed by atoms with van der Waals surface area (Å²) in [5, 5.41) is 1.26. The number of nitrogens with zero attached hydrogens (tertiary/aromatic N) is 3. The Hall–Kier alpha value is -0.810. The summed E-state index contributed by atoms with van der Waals surface area (Å²) in [6.07, 6.45) is 1.25. The molecular formula is C12H22N4S. The molecular weight excluding hydrogens is 232 g/mol. The number of anilines is 2. The molecule has 2 rings (SSSR count). The maximum atomic E-state index is 5.82. The largest absolute Gasteiger partial charge is 0.383 e. The molecule has 0 amide bonds. The van der Waals surface area contributed by atoms with Crippen LogP contribution < -0.4 is 10.6 Å².